The van der Waals surface area contributed by atoms with Crippen molar-refractivity contribution in [2.24, 2.45) is 0 Å². The first-order valence-corrected chi connectivity index (χ1v) is 4.45. The highest BCUT2D eigenvalue weighted by atomic mass is 35.5. The van der Waals surface area contributed by atoms with Crippen LogP contribution >= 0.6 is 11.6 Å². The molecule has 0 bridgehead atoms. The number of benzene rings is 1. The lowest BCUT2D eigenvalue weighted by Gasteiger charge is -2.06. The van der Waals surface area contributed by atoms with Gasteiger partial charge in [-0.05, 0) is 19.1 Å². The van der Waals surface area contributed by atoms with E-state index in [0.717, 1.165) is 0 Å². The molecule has 0 spiro atoms. The summed E-state index contributed by atoms with van der Waals surface area (Å²) in [6, 6.07) is 2.85. The van der Waals surface area contributed by atoms with E-state index in [-0.39, 0.29) is 10.6 Å². The molecule has 0 saturated carbocycles. The second-order valence-electron chi connectivity index (χ2n) is 2.68. The van der Waals surface area contributed by atoms with Crippen molar-refractivity contribution in [2.45, 2.75) is 6.92 Å². The van der Waals surface area contributed by atoms with Gasteiger partial charge in [0, 0.05) is 0 Å². The first kappa shape index (κ1) is 10.7. The van der Waals surface area contributed by atoms with Crippen LogP contribution in [0.5, 0.6) is 0 Å². The van der Waals surface area contributed by atoms with E-state index in [4.69, 9.17) is 27.8 Å². The van der Waals surface area contributed by atoms with E-state index < -0.39 is 5.97 Å². The Morgan fingerprint density at radius 3 is 2.57 bits per heavy atom. The molecule has 4 nitrogen and oxygen atoms in total. The number of ether oxygens (including phenoxy) is 1. The fourth-order valence-electron chi connectivity index (χ4n) is 0.971. The van der Waals surface area contributed by atoms with Crippen LogP contribution in [0.4, 0.5) is 11.4 Å². The van der Waals surface area contributed by atoms with Crippen molar-refractivity contribution in [3.63, 3.8) is 0 Å². The third kappa shape index (κ3) is 2.09. The van der Waals surface area contributed by atoms with E-state index in [2.05, 4.69) is 0 Å². The van der Waals surface area contributed by atoms with Crippen LogP contribution < -0.4 is 11.5 Å². The molecule has 0 aliphatic carbocycles. The molecule has 1 rings (SSSR count). The van der Waals surface area contributed by atoms with Crippen molar-refractivity contribution in [3.8, 4) is 0 Å². The molecule has 76 valence electrons. The zero-order chi connectivity index (χ0) is 10.7. The van der Waals surface area contributed by atoms with Crippen LogP contribution in [0.3, 0.4) is 0 Å². The van der Waals surface area contributed by atoms with Gasteiger partial charge >= 0.3 is 5.97 Å². The molecule has 0 fully saturated rings. The van der Waals surface area contributed by atoms with E-state index in [1.165, 1.54) is 12.1 Å². The number of esters is 1. The fraction of sp³-hybridized carbons (Fsp3) is 0.222. The van der Waals surface area contributed by atoms with Crippen LogP contribution in [0, 0.1) is 0 Å². The highest BCUT2D eigenvalue weighted by molar-refractivity contribution is 6.34. The lowest BCUT2D eigenvalue weighted by Crippen LogP contribution is -2.07. The number of nitrogens with two attached hydrogens (primary N) is 2. The molecule has 1 aromatic carbocycles. The minimum atomic E-state index is -0.496. The second kappa shape index (κ2) is 4.19. The zero-order valence-corrected chi connectivity index (χ0v) is 8.47. The minimum Gasteiger partial charge on any atom is -0.462 e. The molecule has 0 radical (unpaired) electrons. The van der Waals surface area contributed by atoms with Crippen LogP contribution in [0.25, 0.3) is 0 Å². The van der Waals surface area contributed by atoms with Crippen molar-refractivity contribution in [3.05, 3.63) is 22.7 Å². The molecule has 1 aromatic rings. The van der Waals surface area contributed by atoms with Crippen LogP contribution in [0.15, 0.2) is 12.1 Å². The lowest BCUT2D eigenvalue weighted by atomic mass is 10.2. The maximum absolute atomic E-state index is 11.3. The third-order valence-corrected chi connectivity index (χ3v) is 1.98. The molecule has 14 heavy (non-hydrogen) atoms. The minimum absolute atomic E-state index is 0.236. The molecule has 0 heterocycles. The predicted molar refractivity (Wildman–Crippen MR) is 56.2 cm³/mol. The van der Waals surface area contributed by atoms with Gasteiger partial charge in [0.1, 0.15) is 0 Å². The molecule has 0 saturated heterocycles. The Labute approximate surface area is 86.8 Å². The topological polar surface area (TPSA) is 78.3 Å². The van der Waals surface area contributed by atoms with Crippen molar-refractivity contribution in [1.29, 1.82) is 0 Å². The summed E-state index contributed by atoms with van der Waals surface area (Å²) < 4.78 is 4.78. The number of hydrogen-bond donors (Lipinski definition) is 2. The molecule has 0 atom stereocenters. The number of anilines is 2. The Hall–Kier alpha value is -1.42. The van der Waals surface area contributed by atoms with Gasteiger partial charge in [-0.15, -0.1) is 0 Å². The van der Waals surface area contributed by atoms with Crippen molar-refractivity contribution in [2.75, 3.05) is 18.1 Å². The number of halogens is 1. The normalized spacial score (nSPS) is 9.86. The molecule has 0 aromatic heterocycles. The maximum atomic E-state index is 11.3. The second-order valence-corrected chi connectivity index (χ2v) is 3.09. The highest BCUT2D eigenvalue weighted by Crippen LogP contribution is 2.25. The zero-order valence-electron chi connectivity index (χ0n) is 7.71. The third-order valence-electron chi connectivity index (χ3n) is 1.67. The van der Waals surface area contributed by atoms with Gasteiger partial charge in [-0.1, -0.05) is 11.6 Å². The maximum Gasteiger partial charge on any atom is 0.339 e. The number of carbonyl (C=O) groups is 1. The summed E-state index contributed by atoms with van der Waals surface area (Å²) in [6.45, 7) is 2.01. The highest BCUT2D eigenvalue weighted by Gasteiger charge is 2.13. The lowest BCUT2D eigenvalue weighted by molar-refractivity contribution is 0.0526. The van der Waals surface area contributed by atoms with Gasteiger partial charge < -0.3 is 16.2 Å². The molecule has 4 N–H and O–H groups in total. The molecule has 0 unspecified atom stereocenters. The molecular formula is C9H11ClN2O2. The molecule has 5 heteroatoms. The van der Waals surface area contributed by atoms with Crippen LogP contribution in [0.1, 0.15) is 17.3 Å². The molecular weight excluding hydrogens is 204 g/mol. The van der Waals surface area contributed by atoms with Crippen LogP contribution in [-0.4, -0.2) is 12.6 Å². The molecule has 0 aliphatic heterocycles. The van der Waals surface area contributed by atoms with Gasteiger partial charge in [0.05, 0.1) is 28.6 Å². The number of hydrogen-bond acceptors (Lipinski definition) is 4. The summed E-state index contributed by atoms with van der Waals surface area (Å²) in [5.74, 6) is -0.496. The summed E-state index contributed by atoms with van der Waals surface area (Å²) in [4.78, 5) is 11.3. The number of nitrogen functional groups attached to an aromatic ring is 2. The number of rotatable bonds is 2. The van der Waals surface area contributed by atoms with Gasteiger partial charge in [0.2, 0.25) is 0 Å². The first-order valence-electron chi connectivity index (χ1n) is 4.08. The predicted octanol–water partition coefficient (Wildman–Crippen LogP) is 1.68. The molecule has 0 amide bonds. The Morgan fingerprint density at radius 1 is 1.43 bits per heavy atom. The summed E-state index contributed by atoms with van der Waals surface area (Å²) in [7, 11) is 0. The largest absolute Gasteiger partial charge is 0.462 e. The first-order chi connectivity index (χ1) is 6.56. The SMILES string of the molecule is CCOC(=O)c1cc(N)c(N)cc1Cl. The van der Waals surface area contributed by atoms with Gasteiger partial charge in [0.25, 0.3) is 0 Å². The fourth-order valence-corrected chi connectivity index (χ4v) is 1.22. The van der Waals surface area contributed by atoms with Gasteiger partial charge in [-0.3, -0.25) is 0 Å². The Kier molecular flexibility index (Phi) is 3.19. The van der Waals surface area contributed by atoms with Crippen molar-refractivity contribution < 1.29 is 9.53 Å². The summed E-state index contributed by atoms with van der Waals surface area (Å²) in [5, 5.41) is 0.246. The standard InChI is InChI=1S/C9H11ClN2O2/c1-2-14-9(13)5-3-7(11)8(12)4-6(5)10/h3-4H,2,11-12H2,1H3. The smallest absolute Gasteiger partial charge is 0.339 e. The van der Waals surface area contributed by atoms with E-state index >= 15 is 0 Å². The number of carbonyl (C=O) groups excluding carboxylic acids is 1. The van der Waals surface area contributed by atoms with Crippen molar-refractivity contribution in [1.82, 2.24) is 0 Å². The van der Waals surface area contributed by atoms with E-state index in [0.29, 0.717) is 18.0 Å². The van der Waals surface area contributed by atoms with Gasteiger partial charge in [-0.25, -0.2) is 4.79 Å². The van der Waals surface area contributed by atoms with Crippen LogP contribution in [-0.2, 0) is 4.74 Å². The van der Waals surface area contributed by atoms with E-state index in [1.54, 1.807) is 6.92 Å². The van der Waals surface area contributed by atoms with Gasteiger partial charge in [0.15, 0.2) is 0 Å². The monoisotopic (exact) mass is 214 g/mol. The van der Waals surface area contributed by atoms with E-state index in [1.807, 2.05) is 0 Å². The molecule has 0 aliphatic rings. The summed E-state index contributed by atoms with van der Waals surface area (Å²) in [5.41, 5.74) is 11.9. The van der Waals surface area contributed by atoms with Crippen LogP contribution in [0.2, 0.25) is 5.02 Å². The summed E-state index contributed by atoms with van der Waals surface area (Å²) >= 11 is 5.80. The average molecular weight is 215 g/mol. The Balaban J connectivity index is 3.09. The van der Waals surface area contributed by atoms with Gasteiger partial charge in [-0.2, -0.15) is 0 Å². The Bertz CT molecular complexity index is 366. The van der Waals surface area contributed by atoms with Crippen molar-refractivity contribution >= 4 is 28.9 Å². The summed E-state index contributed by atoms with van der Waals surface area (Å²) in [6.07, 6.45) is 0. The average Bonchev–Trinajstić information content (AvgIpc) is 2.11. The Morgan fingerprint density at radius 2 is 2.00 bits per heavy atom. The quantitative estimate of drug-likeness (QED) is 0.580. The van der Waals surface area contributed by atoms with E-state index in [9.17, 15) is 4.79 Å².